The van der Waals surface area contributed by atoms with Crippen LogP contribution in [0.2, 0.25) is 0 Å². The monoisotopic (exact) mass is 346 g/mol. The summed E-state index contributed by atoms with van der Waals surface area (Å²) in [7, 11) is 4.85. The number of ether oxygens (including phenoxy) is 1. The summed E-state index contributed by atoms with van der Waals surface area (Å²) >= 11 is 0. The third-order valence-corrected chi connectivity index (χ3v) is 3.00. The standard InChI is InChI=1S/C15H21F3N4O2/c1-19-14(20-9-8-13(23)22(2)3)21-10-11-6-4-5-7-12(11)24-15(16,17)18/h4-7H,8-10H2,1-3H3,(H2,19,20,21). The summed E-state index contributed by atoms with van der Waals surface area (Å²) in [6.45, 7) is 0.449. The maximum absolute atomic E-state index is 12.4. The minimum atomic E-state index is -4.75. The number of alkyl halides is 3. The van der Waals surface area contributed by atoms with Gasteiger partial charge in [0.15, 0.2) is 5.96 Å². The van der Waals surface area contributed by atoms with Crippen LogP contribution in [0.3, 0.4) is 0 Å². The quantitative estimate of drug-likeness (QED) is 0.608. The smallest absolute Gasteiger partial charge is 0.405 e. The number of rotatable bonds is 6. The molecule has 0 fully saturated rings. The van der Waals surface area contributed by atoms with Gasteiger partial charge in [0.2, 0.25) is 5.91 Å². The molecule has 9 heteroatoms. The highest BCUT2D eigenvalue weighted by Crippen LogP contribution is 2.25. The van der Waals surface area contributed by atoms with Gasteiger partial charge in [-0.15, -0.1) is 13.2 Å². The van der Waals surface area contributed by atoms with E-state index in [4.69, 9.17) is 0 Å². The molecule has 1 amide bonds. The van der Waals surface area contributed by atoms with Crippen LogP contribution in [0, 0.1) is 0 Å². The second kappa shape index (κ2) is 8.99. The summed E-state index contributed by atoms with van der Waals surface area (Å²) in [6, 6.07) is 5.85. The van der Waals surface area contributed by atoms with E-state index in [0.717, 1.165) is 0 Å². The molecule has 0 saturated carbocycles. The van der Waals surface area contributed by atoms with Crippen LogP contribution in [0.15, 0.2) is 29.3 Å². The van der Waals surface area contributed by atoms with Crippen molar-refractivity contribution < 1.29 is 22.7 Å². The van der Waals surface area contributed by atoms with Crippen molar-refractivity contribution in [1.82, 2.24) is 15.5 Å². The number of carbonyl (C=O) groups excluding carboxylic acids is 1. The Balaban J connectivity index is 2.56. The normalized spacial score (nSPS) is 11.8. The number of halogens is 3. The zero-order valence-corrected chi connectivity index (χ0v) is 13.8. The first-order valence-corrected chi connectivity index (χ1v) is 7.21. The van der Waals surface area contributed by atoms with E-state index in [-0.39, 0.29) is 24.6 Å². The lowest BCUT2D eigenvalue weighted by Gasteiger charge is -2.16. The van der Waals surface area contributed by atoms with Crippen molar-refractivity contribution in [2.45, 2.75) is 19.3 Å². The Kier molecular flexibility index (Phi) is 7.34. The minimum Gasteiger partial charge on any atom is -0.405 e. The molecule has 0 bridgehead atoms. The maximum atomic E-state index is 12.4. The molecule has 134 valence electrons. The van der Waals surface area contributed by atoms with Gasteiger partial charge in [-0.25, -0.2) is 0 Å². The van der Waals surface area contributed by atoms with E-state index in [1.54, 1.807) is 20.2 Å². The fourth-order valence-corrected chi connectivity index (χ4v) is 1.79. The Morgan fingerprint density at radius 3 is 2.50 bits per heavy atom. The van der Waals surface area contributed by atoms with Gasteiger partial charge in [0.25, 0.3) is 0 Å². The van der Waals surface area contributed by atoms with E-state index in [1.807, 2.05) is 0 Å². The van der Waals surface area contributed by atoms with Gasteiger partial charge in [-0.05, 0) is 6.07 Å². The molecule has 2 N–H and O–H groups in total. The van der Waals surface area contributed by atoms with E-state index in [2.05, 4.69) is 20.4 Å². The molecule has 24 heavy (non-hydrogen) atoms. The summed E-state index contributed by atoms with van der Waals surface area (Å²) in [4.78, 5) is 16.9. The van der Waals surface area contributed by atoms with E-state index in [0.29, 0.717) is 18.1 Å². The Labute approximate surface area is 138 Å². The van der Waals surface area contributed by atoms with Crippen molar-refractivity contribution in [1.29, 1.82) is 0 Å². The number of nitrogens with zero attached hydrogens (tertiary/aromatic N) is 2. The molecule has 0 aliphatic carbocycles. The summed E-state index contributed by atoms with van der Waals surface area (Å²) in [5.41, 5.74) is 0.335. The zero-order valence-electron chi connectivity index (χ0n) is 13.8. The number of carbonyl (C=O) groups is 1. The van der Waals surface area contributed by atoms with Crippen LogP contribution in [-0.4, -0.2) is 50.8 Å². The molecule has 1 rings (SSSR count). The van der Waals surface area contributed by atoms with Crippen LogP contribution in [0.1, 0.15) is 12.0 Å². The number of benzene rings is 1. The zero-order chi connectivity index (χ0) is 18.2. The minimum absolute atomic E-state index is 0.0399. The van der Waals surface area contributed by atoms with Crippen molar-refractivity contribution in [3.63, 3.8) is 0 Å². The van der Waals surface area contributed by atoms with Crippen molar-refractivity contribution >= 4 is 11.9 Å². The summed E-state index contributed by atoms with van der Waals surface area (Å²) in [6.07, 6.45) is -4.47. The molecule has 6 nitrogen and oxygen atoms in total. The molecule has 0 aromatic heterocycles. The molecule has 0 aliphatic heterocycles. The van der Waals surface area contributed by atoms with Gasteiger partial charge in [0.1, 0.15) is 5.75 Å². The summed E-state index contributed by atoms with van der Waals surface area (Å²) in [5.74, 6) is 0.0704. The highest BCUT2D eigenvalue weighted by molar-refractivity contribution is 5.81. The molecule has 0 aliphatic rings. The topological polar surface area (TPSA) is 66.0 Å². The number of amides is 1. The van der Waals surface area contributed by atoms with Crippen molar-refractivity contribution in [2.75, 3.05) is 27.7 Å². The number of nitrogens with one attached hydrogen (secondary N) is 2. The molecule has 1 aromatic rings. The average molecular weight is 346 g/mol. The molecule has 0 atom stereocenters. The largest absolute Gasteiger partial charge is 0.573 e. The van der Waals surface area contributed by atoms with Crippen LogP contribution in [0.5, 0.6) is 5.75 Å². The van der Waals surface area contributed by atoms with Crippen molar-refractivity contribution in [2.24, 2.45) is 4.99 Å². The number of para-hydroxylation sites is 1. The van der Waals surface area contributed by atoms with E-state index in [1.165, 1.54) is 30.1 Å². The molecule has 0 heterocycles. The number of hydrogen-bond acceptors (Lipinski definition) is 3. The predicted octanol–water partition coefficient (Wildman–Crippen LogP) is 1.73. The second-order valence-corrected chi connectivity index (χ2v) is 5.05. The van der Waals surface area contributed by atoms with E-state index >= 15 is 0 Å². The van der Waals surface area contributed by atoms with Gasteiger partial charge in [-0.2, -0.15) is 0 Å². The molecule has 0 radical (unpaired) electrons. The summed E-state index contributed by atoms with van der Waals surface area (Å²) < 4.78 is 41.1. The van der Waals surface area contributed by atoms with Gasteiger partial charge in [0, 0.05) is 46.2 Å². The van der Waals surface area contributed by atoms with Gasteiger partial charge in [0.05, 0.1) is 0 Å². The molecule has 0 spiro atoms. The third-order valence-electron chi connectivity index (χ3n) is 3.00. The average Bonchev–Trinajstić information content (AvgIpc) is 2.50. The van der Waals surface area contributed by atoms with Gasteiger partial charge >= 0.3 is 6.36 Å². The molecular weight excluding hydrogens is 325 g/mol. The Morgan fingerprint density at radius 1 is 1.25 bits per heavy atom. The van der Waals surface area contributed by atoms with Crippen molar-refractivity contribution in [3.8, 4) is 5.75 Å². The first kappa shape index (κ1) is 19.6. The summed E-state index contributed by atoms with van der Waals surface area (Å²) in [5, 5.41) is 5.80. The highest BCUT2D eigenvalue weighted by atomic mass is 19.4. The van der Waals surface area contributed by atoms with E-state index < -0.39 is 6.36 Å². The molecular formula is C15H21F3N4O2. The first-order chi connectivity index (χ1) is 11.2. The van der Waals surface area contributed by atoms with Gasteiger partial charge < -0.3 is 20.3 Å². The van der Waals surface area contributed by atoms with Crippen LogP contribution < -0.4 is 15.4 Å². The molecule has 0 unspecified atom stereocenters. The first-order valence-electron chi connectivity index (χ1n) is 7.21. The van der Waals surface area contributed by atoms with E-state index in [9.17, 15) is 18.0 Å². The Hall–Kier alpha value is -2.45. The number of aliphatic imine (C=N–C) groups is 1. The van der Waals surface area contributed by atoms with Crippen molar-refractivity contribution in [3.05, 3.63) is 29.8 Å². The molecule has 1 aromatic carbocycles. The lowest BCUT2D eigenvalue weighted by atomic mass is 10.2. The Morgan fingerprint density at radius 2 is 1.92 bits per heavy atom. The maximum Gasteiger partial charge on any atom is 0.573 e. The Bertz CT molecular complexity index is 574. The molecule has 0 saturated heterocycles. The highest BCUT2D eigenvalue weighted by Gasteiger charge is 2.31. The number of hydrogen-bond donors (Lipinski definition) is 2. The SMILES string of the molecule is CN=C(NCCC(=O)N(C)C)NCc1ccccc1OC(F)(F)F. The third kappa shape index (κ3) is 7.21. The fourth-order valence-electron chi connectivity index (χ4n) is 1.79. The van der Waals surface area contributed by atoms with Crippen LogP contribution in [0.4, 0.5) is 13.2 Å². The van der Waals surface area contributed by atoms with Crippen LogP contribution in [-0.2, 0) is 11.3 Å². The number of guanidine groups is 1. The predicted molar refractivity (Wildman–Crippen MR) is 84.6 cm³/mol. The van der Waals surface area contributed by atoms with Gasteiger partial charge in [-0.3, -0.25) is 9.79 Å². The van der Waals surface area contributed by atoms with Crippen LogP contribution in [0.25, 0.3) is 0 Å². The lowest BCUT2D eigenvalue weighted by Crippen LogP contribution is -2.39. The lowest BCUT2D eigenvalue weighted by molar-refractivity contribution is -0.274. The fraction of sp³-hybridized carbons (Fsp3) is 0.467. The van der Waals surface area contributed by atoms with Gasteiger partial charge in [-0.1, -0.05) is 18.2 Å². The second-order valence-electron chi connectivity index (χ2n) is 5.05. The van der Waals surface area contributed by atoms with Crippen LogP contribution >= 0.6 is 0 Å².